The predicted molar refractivity (Wildman–Crippen MR) is 135 cm³/mol. The van der Waals surface area contributed by atoms with Gasteiger partial charge >= 0.3 is 0 Å². The summed E-state index contributed by atoms with van der Waals surface area (Å²) in [6.07, 6.45) is 2.98. The zero-order chi connectivity index (χ0) is 24.1. The van der Waals surface area contributed by atoms with Crippen molar-refractivity contribution in [3.63, 3.8) is 0 Å². The fourth-order valence-electron chi connectivity index (χ4n) is 5.25. The minimum Gasteiger partial charge on any atom is -0.497 e. The molecule has 3 rings (SSSR count). The lowest BCUT2D eigenvalue weighted by Crippen LogP contribution is -2.46. The molecule has 1 heterocycles. The molecule has 0 unspecified atom stereocenters. The van der Waals surface area contributed by atoms with Crippen molar-refractivity contribution in [2.75, 3.05) is 20.3 Å². The van der Waals surface area contributed by atoms with E-state index < -0.39 is 0 Å². The second-order valence-corrected chi connectivity index (χ2v) is 10.7. The third-order valence-corrected chi connectivity index (χ3v) is 7.17. The van der Waals surface area contributed by atoms with Crippen molar-refractivity contribution in [1.29, 1.82) is 0 Å². The molecular weight excluding hydrogens is 434 g/mol. The molecule has 0 saturated carbocycles. The summed E-state index contributed by atoms with van der Waals surface area (Å²) >= 11 is 6.14. The summed E-state index contributed by atoms with van der Waals surface area (Å²) in [6.45, 7) is 9.99. The van der Waals surface area contributed by atoms with E-state index in [4.69, 9.17) is 21.1 Å². The van der Waals surface area contributed by atoms with E-state index in [2.05, 4.69) is 57.3 Å². The van der Waals surface area contributed by atoms with Crippen LogP contribution in [0.1, 0.15) is 70.4 Å². The molecule has 4 nitrogen and oxygen atoms in total. The first-order chi connectivity index (χ1) is 15.6. The smallest absolute Gasteiger partial charge is 0.220 e. The second kappa shape index (κ2) is 10.9. The minimum atomic E-state index is -0.269. The molecule has 0 spiro atoms. The molecule has 2 atom stereocenters. The largest absolute Gasteiger partial charge is 0.497 e. The number of carbonyl (C=O) groups excluding carboxylic acids is 1. The van der Waals surface area contributed by atoms with Crippen LogP contribution >= 0.6 is 11.6 Å². The van der Waals surface area contributed by atoms with Crippen molar-refractivity contribution in [3.05, 3.63) is 64.7 Å². The summed E-state index contributed by atoms with van der Waals surface area (Å²) in [7, 11) is 1.68. The Labute approximate surface area is 204 Å². The molecule has 180 valence electrons. The molecule has 0 bridgehead atoms. The van der Waals surface area contributed by atoms with Crippen LogP contribution in [0.5, 0.6) is 5.75 Å². The molecule has 0 aliphatic carbocycles. The van der Waals surface area contributed by atoms with Gasteiger partial charge in [-0.2, -0.15) is 0 Å². The van der Waals surface area contributed by atoms with Crippen molar-refractivity contribution < 1.29 is 14.3 Å². The molecule has 33 heavy (non-hydrogen) atoms. The molecule has 0 aromatic heterocycles. The highest BCUT2D eigenvalue weighted by molar-refractivity contribution is 6.30. The van der Waals surface area contributed by atoms with E-state index in [0.29, 0.717) is 36.4 Å². The Morgan fingerprint density at radius 1 is 1.12 bits per heavy atom. The highest BCUT2D eigenvalue weighted by Crippen LogP contribution is 2.44. The van der Waals surface area contributed by atoms with Gasteiger partial charge in [0.2, 0.25) is 5.91 Å². The maximum atomic E-state index is 13.1. The van der Waals surface area contributed by atoms with Crippen molar-refractivity contribution in [3.8, 4) is 5.75 Å². The highest BCUT2D eigenvalue weighted by atomic mass is 35.5. The fourth-order valence-corrected chi connectivity index (χ4v) is 5.38. The van der Waals surface area contributed by atoms with Crippen LogP contribution in [0.2, 0.25) is 5.02 Å². The van der Waals surface area contributed by atoms with Crippen molar-refractivity contribution >= 4 is 17.5 Å². The number of benzene rings is 2. The van der Waals surface area contributed by atoms with Gasteiger partial charge in [0.25, 0.3) is 0 Å². The number of nitrogens with one attached hydrogen (secondary N) is 1. The summed E-state index contributed by atoms with van der Waals surface area (Å²) in [5.74, 6) is 1.82. The lowest BCUT2D eigenvalue weighted by atomic mass is 9.67. The van der Waals surface area contributed by atoms with Crippen LogP contribution in [0, 0.1) is 5.92 Å². The number of amides is 1. The SMILES string of the molecule is COc1ccc([C@@H](CCNC(=O)C[C@@]2(c3ccc(Cl)cc3)CCOC(C)(C)C2)C(C)C)cc1. The molecule has 1 aliphatic heterocycles. The van der Waals surface area contributed by atoms with Gasteiger partial charge in [-0.3, -0.25) is 4.79 Å². The van der Waals surface area contributed by atoms with Crippen LogP contribution in [-0.4, -0.2) is 31.8 Å². The monoisotopic (exact) mass is 471 g/mol. The first kappa shape index (κ1) is 25.6. The quantitative estimate of drug-likeness (QED) is 0.453. The van der Waals surface area contributed by atoms with E-state index >= 15 is 0 Å². The van der Waals surface area contributed by atoms with Gasteiger partial charge in [0.05, 0.1) is 12.7 Å². The molecule has 2 aromatic carbocycles. The number of hydrogen-bond donors (Lipinski definition) is 1. The van der Waals surface area contributed by atoms with Gasteiger partial charge in [-0.25, -0.2) is 0 Å². The van der Waals surface area contributed by atoms with Gasteiger partial charge in [-0.1, -0.05) is 49.7 Å². The first-order valence-electron chi connectivity index (χ1n) is 11.9. The molecule has 1 fully saturated rings. The van der Waals surface area contributed by atoms with Gasteiger partial charge in [0.15, 0.2) is 0 Å². The van der Waals surface area contributed by atoms with E-state index in [0.717, 1.165) is 30.6 Å². The Bertz CT molecular complexity index is 908. The number of rotatable bonds is 9. The maximum absolute atomic E-state index is 13.1. The Balaban J connectivity index is 1.66. The molecule has 1 aliphatic rings. The van der Waals surface area contributed by atoms with Crippen LogP contribution in [0.15, 0.2) is 48.5 Å². The maximum Gasteiger partial charge on any atom is 0.220 e. The number of carbonyl (C=O) groups is 1. The standard InChI is InChI=1S/C28H38ClNO3/c1-20(2)25(21-6-12-24(32-5)13-7-21)14-16-30-26(31)18-28(15-17-33-27(3,4)19-28)22-8-10-23(29)11-9-22/h6-13,20,25H,14-19H2,1-5H3,(H,30,31)/t25-,28-/m0/s1. The molecule has 2 aromatic rings. The number of halogens is 1. The second-order valence-electron chi connectivity index (χ2n) is 10.3. The lowest BCUT2D eigenvalue weighted by Gasteiger charge is -2.45. The zero-order valence-electron chi connectivity index (χ0n) is 20.6. The van der Waals surface area contributed by atoms with Crippen molar-refractivity contribution in [2.24, 2.45) is 5.92 Å². The van der Waals surface area contributed by atoms with Gasteiger partial charge in [-0.05, 0) is 80.3 Å². The van der Waals surface area contributed by atoms with Gasteiger partial charge in [-0.15, -0.1) is 0 Å². The van der Waals surface area contributed by atoms with E-state index in [1.165, 1.54) is 5.56 Å². The summed E-state index contributed by atoms with van der Waals surface area (Å²) in [5, 5.41) is 3.92. The number of hydrogen-bond acceptors (Lipinski definition) is 3. The van der Waals surface area contributed by atoms with Crippen LogP contribution < -0.4 is 10.1 Å². The normalized spacial score (nSPS) is 20.9. The Kier molecular flexibility index (Phi) is 8.47. The zero-order valence-corrected chi connectivity index (χ0v) is 21.4. The van der Waals surface area contributed by atoms with Crippen LogP contribution in [0.25, 0.3) is 0 Å². The summed E-state index contributed by atoms with van der Waals surface area (Å²) in [5.41, 5.74) is 1.93. The van der Waals surface area contributed by atoms with E-state index in [1.54, 1.807) is 7.11 Å². The molecule has 1 saturated heterocycles. The van der Waals surface area contributed by atoms with E-state index in [-0.39, 0.29) is 16.9 Å². The molecule has 5 heteroatoms. The summed E-state index contributed by atoms with van der Waals surface area (Å²) in [6, 6.07) is 16.2. The number of methoxy groups -OCH3 is 1. The van der Waals surface area contributed by atoms with Crippen LogP contribution in [-0.2, 0) is 14.9 Å². The van der Waals surface area contributed by atoms with Gasteiger partial charge < -0.3 is 14.8 Å². The molecule has 1 amide bonds. The van der Waals surface area contributed by atoms with Crippen molar-refractivity contribution in [2.45, 2.75) is 70.3 Å². The van der Waals surface area contributed by atoms with E-state index in [1.807, 2.05) is 24.3 Å². The highest BCUT2D eigenvalue weighted by Gasteiger charge is 2.43. The summed E-state index contributed by atoms with van der Waals surface area (Å²) in [4.78, 5) is 13.1. The topological polar surface area (TPSA) is 47.6 Å². The number of ether oxygens (including phenoxy) is 2. The molecule has 1 N–H and O–H groups in total. The molecular formula is C28H38ClNO3. The summed E-state index contributed by atoms with van der Waals surface area (Å²) < 4.78 is 11.3. The Hall–Kier alpha value is -2.04. The van der Waals surface area contributed by atoms with Gasteiger partial charge in [0, 0.05) is 30.0 Å². The van der Waals surface area contributed by atoms with Crippen LogP contribution in [0.4, 0.5) is 0 Å². The fraction of sp³-hybridized carbons (Fsp3) is 0.536. The third-order valence-electron chi connectivity index (χ3n) is 6.92. The Morgan fingerprint density at radius 2 is 1.79 bits per heavy atom. The average molecular weight is 472 g/mol. The van der Waals surface area contributed by atoms with E-state index in [9.17, 15) is 4.79 Å². The molecule has 0 radical (unpaired) electrons. The van der Waals surface area contributed by atoms with Crippen LogP contribution in [0.3, 0.4) is 0 Å². The Morgan fingerprint density at radius 3 is 2.36 bits per heavy atom. The minimum absolute atomic E-state index is 0.0971. The average Bonchev–Trinajstić information content (AvgIpc) is 2.76. The third kappa shape index (κ3) is 6.74. The van der Waals surface area contributed by atoms with Crippen molar-refractivity contribution in [1.82, 2.24) is 5.32 Å². The first-order valence-corrected chi connectivity index (χ1v) is 12.3. The predicted octanol–water partition coefficient (Wildman–Crippen LogP) is 6.51. The lowest BCUT2D eigenvalue weighted by molar-refractivity contribution is -0.126. The van der Waals surface area contributed by atoms with Gasteiger partial charge in [0.1, 0.15) is 5.75 Å².